The molecular formula is C15H13BrClF2NO. The molecule has 0 saturated heterocycles. The molecule has 0 radical (unpaired) electrons. The Morgan fingerprint density at radius 1 is 1.19 bits per heavy atom. The summed E-state index contributed by atoms with van der Waals surface area (Å²) in [4.78, 5) is 0. The molecule has 0 bridgehead atoms. The van der Waals surface area contributed by atoms with Crippen LogP contribution < -0.4 is 5.73 Å². The lowest BCUT2D eigenvalue weighted by molar-refractivity contribution is 0.141. The van der Waals surface area contributed by atoms with Gasteiger partial charge >= 0.3 is 0 Å². The highest BCUT2D eigenvalue weighted by molar-refractivity contribution is 9.10. The summed E-state index contributed by atoms with van der Waals surface area (Å²) in [5.41, 5.74) is 5.86. The third-order valence-electron chi connectivity index (χ3n) is 3.29. The number of hydrogen-bond acceptors (Lipinski definition) is 2. The fourth-order valence-electron chi connectivity index (χ4n) is 2.19. The molecule has 3 N–H and O–H groups in total. The SMILES string of the molecule is NCC(c1cccc(Cl)c1F)C(O)c1cc(Br)ccc1F. The van der Waals surface area contributed by atoms with Crippen molar-refractivity contribution in [1.82, 2.24) is 0 Å². The van der Waals surface area contributed by atoms with Gasteiger partial charge in [0, 0.05) is 22.5 Å². The normalized spacial score (nSPS) is 14.0. The van der Waals surface area contributed by atoms with Crippen LogP contribution in [0.25, 0.3) is 0 Å². The van der Waals surface area contributed by atoms with Gasteiger partial charge in [0.1, 0.15) is 11.6 Å². The summed E-state index contributed by atoms with van der Waals surface area (Å²) < 4.78 is 28.6. The van der Waals surface area contributed by atoms with Crippen LogP contribution in [0.5, 0.6) is 0 Å². The van der Waals surface area contributed by atoms with Crippen LogP contribution in [0.2, 0.25) is 5.02 Å². The second-order valence-electron chi connectivity index (χ2n) is 4.60. The zero-order valence-corrected chi connectivity index (χ0v) is 13.2. The van der Waals surface area contributed by atoms with E-state index in [4.69, 9.17) is 17.3 Å². The average Bonchev–Trinajstić information content (AvgIpc) is 2.46. The molecule has 0 spiro atoms. The molecule has 112 valence electrons. The lowest BCUT2D eigenvalue weighted by Crippen LogP contribution is -2.22. The summed E-state index contributed by atoms with van der Waals surface area (Å²) in [7, 11) is 0. The van der Waals surface area contributed by atoms with Gasteiger partial charge in [-0.1, -0.05) is 39.7 Å². The maximum atomic E-state index is 14.1. The lowest BCUT2D eigenvalue weighted by Gasteiger charge is -2.23. The molecule has 2 nitrogen and oxygen atoms in total. The van der Waals surface area contributed by atoms with Crippen LogP contribution in [0.1, 0.15) is 23.1 Å². The van der Waals surface area contributed by atoms with Gasteiger partial charge in [0.25, 0.3) is 0 Å². The Morgan fingerprint density at radius 2 is 1.90 bits per heavy atom. The first-order valence-electron chi connectivity index (χ1n) is 6.22. The Hall–Kier alpha value is -1.01. The van der Waals surface area contributed by atoms with E-state index in [9.17, 15) is 13.9 Å². The van der Waals surface area contributed by atoms with Crippen molar-refractivity contribution in [2.24, 2.45) is 5.73 Å². The highest BCUT2D eigenvalue weighted by atomic mass is 79.9. The second-order valence-corrected chi connectivity index (χ2v) is 5.92. The van der Waals surface area contributed by atoms with Crippen molar-refractivity contribution in [3.05, 3.63) is 68.7 Å². The molecule has 0 aliphatic heterocycles. The predicted molar refractivity (Wildman–Crippen MR) is 82.3 cm³/mol. The van der Waals surface area contributed by atoms with Crippen molar-refractivity contribution in [1.29, 1.82) is 0 Å². The smallest absolute Gasteiger partial charge is 0.145 e. The molecular weight excluding hydrogens is 364 g/mol. The number of aliphatic hydroxyl groups is 1. The molecule has 2 aromatic rings. The van der Waals surface area contributed by atoms with Gasteiger partial charge in [0.15, 0.2) is 0 Å². The first-order chi connectivity index (χ1) is 9.95. The fourth-order valence-corrected chi connectivity index (χ4v) is 2.75. The first-order valence-corrected chi connectivity index (χ1v) is 7.39. The van der Waals surface area contributed by atoms with E-state index in [-0.39, 0.29) is 22.7 Å². The van der Waals surface area contributed by atoms with Crippen LogP contribution >= 0.6 is 27.5 Å². The third-order valence-corrected chi connectivity index (χ3v) is 4.08. The maximum Gasteiger partial charge on any atom is 0.145 e. The maximum absolute atomic E-state index is 14.1. The monoisotopic (exact) mass is 375 g/mol. The molecule has 0 amide bonds. The summed E-state index contributed by atoms with van der Waals surface area (Å²) in [6.07, 6.45) is -1.28. The Bertz CT molecular complexity index is 654. The third kappa shape index (κ3) is 3.43. The van der Waals surface area contributed by atoms with Gasteiger partial charge in [0.2, 0.25) is 0 Å². The topological polar surface area (TPSA) is 46.2 Å². The largest absolute Gasteiger partial charge is 0.388 e. The van der Waals surface area contributed by atoms with Crippen molar-refractivity contribution in [3.63, 3.8) is 0 Å². The Balaban J connectivity index is 2.45. The highest BCUT2D eigenvalue weighted by Gasteiger charge is 2.27. The number of rotatable bonds is 4. The molecule has 2 atom stereocenters. The van der Waals surface area contributed by atoms with Gasteiger partial charge in [-0.05, 0) is 29.8 Å². The minimum atomic E-state index is -1.28. The standard InChI is InChI=1S/C15H13BrClF2NO/c16-8-4-5-13(18)10(6-8)15(21)11(7-20)9-2-1-3-12(17)14(9)19/h1-6,11,15,21H,7,20H2. The summed E-state index contributed by atoms with van der Waals surface area (Å²) in [5.74, 6) is -2.02. The van der Waals surface area contributed by atoms with E-state index >= 15 is 0 Å². The minimum absolute atomic E-state index is 0.0512. The van der Waals surface area contributed by atoms with E-state index in [0.29, 0.717) is 4.47 Å². The number of nitrogens with two attached hydrogens (primary N) is 1. The van der Waals surface area contributed by atoms with Gasteiger partial charge in [-0.15, -0.1) is 0 Å². The van der Waals surface area contributed by atoms with Gasteiger partial charge < -0.3 is 10.8 Å². The van der Waals surface area contributed by atoms with Crippen LogP contribution in [-0.2, 0) is 0 Å². The first kappa shape index (κ1) is 16.4. The molecule has 2 aromatic carbocycles. The van der Waals surface area contributed by atoms with Gasteiger partial charge in [-0.3, -0.25) is 0 Å². The van der Waals surface area contributed by atoms with Crippen LogP contribution in [-0.4, -0.2) is 11.7 Å². The predicted octanol–water partition coefficient (Wildman–Crippen LogP) is 4.16. The van der Waals surface area contributed by atoms with Crippen molar-refractivity contribution in [2.45, 2.75) is 12.0 Å². The number of benzene rings is 2. The van der Waals surface area contributed by atoms with E-state index in [2.05, 4.69) is 15.9 Å². The van der Waals surface area contributed by atoms with E-state index < -0.39 is 23.7 Å². The molecule has 6 heteroatoms. The van der Waals surface area contributed by atoms with Crippen LogP contribution in [0.4, 0.5) is 8.78 Å². The van der Waals surface area contributed by atoms with E-state index in [0.717, 1.165) is 0 Å². The van der Waals surface area contributed by atoms with Crippen LogP contribution in [0.15, 0.2) is 40.9 Å². The summed E-state index contributed by atoms with van der Waals surface area (Å²) in [5, 5.41) is 10.3. The highest BCUT2D eigenvalue weighted by Crippen LogP contribution is 2.35. The lowest BCUT2D eigenvalue weighted by atomic mass is 9.88. The van der Waals surface area contributed by atoms with Crippen molar-refractivity contribution in [2.75, 3.05) is 6.54 Å². The molecule has 0 saturated carbocycles. The molecule has 2 rings (SSSR count). The molecule has 0 aliphatic rings. The number of aliphatic hydroxyl groups excluding tert-OH is 1. The van der Waals surface area contributed by atoms with E-state index in [1.165, 1.54) is 30.3 Å². The molecule has 0 heterocycles. The molecule has 0 fully saturated rings. The molecule has 21 heavy (non-hydrogen) atoms. The summed E-state index contributed by atoms with van der Waals surface area (Å²) in [6, 6.07) is 8.64. The van der Waals surface area contributed by atoms with E-state index in [1.807, 2.05) is 0 Å². The van der Waals surface area contributed by atoms with Crippen molar-refractivity contribution >= 4 is 27.5 Å². The fraction of sp³-hybridized carbons (Fsp3) is 0.200. The van der Waals surface area contributed by atoms with Crippen molar-refractivity contribution in [3.8, 4) is 0 Å². The van der Waals surface area contributed by atoms with E-state index in [1.54, 1.807) is 6.07 Å². The molecule has 2 unspecified atom stereocenters. The van der Waals surface area contributed by atoms with Crippen molar-refractivity contribution < 1.29 is 13.9 Å². The van der Waals surface area contributed by atoms with Crippen LogP contribution in [0, 0.1) is 11.6 Å². The number of halogens is 4. The summed E-state index contributed by atoms with van der Waals surface area (Å²) in [6.45, 7) is -0.0512. The van der Waals surface area contributed by atoms with Gasteiger partial charge in [-0.25, -0.2) is 8.78 Å². The quantitative estimate of drug-likeness (QED) is 0.842. The number of hydrogen-bond donors (Lipinski definition) is 2. The minimum Gasteiger partial charge on any atom is -0.388 e. The second kappa shape index (κ2) is 6.83. The zero-order valence-electron chi connectivity index (χ0n) is 10.9. The van der Waals surface area contributed by atoms with Gasteiger partial charge in [-0.2, -0.15) is 0 Å². The Morgan fingerprint density at radius 3 is 2.57 bits per heavy atom. The Labute approximate surface area is 134 Å². The zero-order chi connectivity index (χ0) is 15.6. The Kier molecular flexibility index (Phi) is 5.32. The van der Waals surface area contributed by atoms with Crippen LogP contribution in [0.3, 0.4) is 0 Å². The molecule has 0 aliphatic carbocycles. The van der Waals surface area contributed by atoms with Gasteiger partial charge in [0.05, 0.1) is 11.1 Å². The molecule has 0 aromatic heterocycles. The summed E-state index contributed by atoms with van der Waals surface area (Å²) >= 11 is 8.96. The average molecular weight is 377 g/mol.